The number of hydrogen-bond acceptors (Lipinski definition) is 6. The quantitative estimate of drug-likeness (QED) is 0.472. The van der Waals surface area contributed by atoms with Crippen molar-refractivity contribution in [1.82, 2.24) is 9.97 Å². The molecule has 0 saturated carbocycles. The number of carbonyl (C=O) groups excluding carboxylic acids is 1. The Balaban J connectivity index is 1.75. The monoisotopic (exact) mass is 415 g/mol. The Morgan fingerprint density at radius 2 is 2.03 bits per heavy atom. The number of aromatic nitrogens is 2. The summed E-state index contributed by atoms with van der Waals surface area (Å²) in [6, 6.07) is 11.1. The number of thiophene rings is 1. The largest absolute Gasteiger partial charge is 0.497 e. The van der Waals surface area contributed by atoms with E-state index in [1.54, 1.807) is 25.4 Å². The molecule has 0 aliphatic heterocycles. The lowest BCUT2D eigenvalue weighted by molar-refractivity contribution is 0.104. The molecule has 1 aliphatic rings. The summed E-state index contributed by atoms with van der Waals surface area (Å²) >= 11 is 1.38. The van der Waals surface area contributed by atoms with Gasteiger partial charge in [0.1, 0.15) is 15.5 Å². The van der Waals surface area contributed by atoms with E-state index in [0.29, 0.717) is 21.9 Å². The second-order valence-corrected chi connectivity index (χ2v) is 8.45. The summed E-state index contributed by atoms with van der Waals surface area (Å²) in [5.74, 6) is 0.537. The number of aryl methyl sites for hydroxylation is 1. The molecule has 0 fully saturated rings. The van der Waals surface area contributed by atoms with E-state index in [0.717, 1.165) is 52.7 Å². The number of carbonyl (C=O) groups is 1. The minimum absolute atomic E-state index is 0.107. The second-order valence-electron chi connectivity index (χ2n) is 7.45. The number of benzene rings is 1. The zero-order valence-electron chi connectivity index (χ0n) is 16.6. The summed E-state index contributed by atoms with van der Waals surface area (Å²) in [5, 5.41) is 0.875. The molecule has 4 aromatic rings. The van der Waals surface area contributed by atoms with E-state index in [2.05, 4.69) is 11.1 Å². The van der Waals surface area contributed by atoms with Crippen molar-refractivity contribution in [3.8, 4) is 16.9 Å². The Morgan fingerprint density at radius 1 is 1.17 bits per heavy atom. The van der Waals surface area contributed by atoms with Gasteiger partial charge in [0.2, 0.25) is 5.78 Å². The van der Waals surface area contributed by atoms with E-state index in [4.69, 9.17) is 15.5 Å². The summed E-state index contributed by atoms with van der Waals surface area (Å²) in [6.07, 6.45) is 7.82. The van der Waals surface area contributed by atoms with Gasteiger partial charge in [0.25, 0.3) is 0 Å². The number of nitrogens with zero attached hydrogens (tertiary/aromatic N) is 2. The van der Waals surface area contributed by atoms with Crippen LogP contribution in [0.5, 0.6) is 5.75 Å². The average molecular weight is 416 g/mol. The van der Waals surface area contributed by atoms with Gasteiger partial charge in [-0.05, 0) is 49.4 Å². The Kier molecular flexibility index (Phi) is 4.71. The van der Waals surface area contributed by atoms with Crippen LogP contribution in [0.15, 0.2) is 48.8 Å². The van der Waals surface area contributed by atoms with Crippen LogP contribution in [-0.4, -0.2) is 22.9 Å². The van der Waals surface area contributed by atoms with Crippen LogP contribution in [0, 0.1) is 0 Å². The fourth-order valence-corrected chi connectivity index (χ4v) is 5.29. The lowest BCUT2D eigenvalue weighted by Crippen LogP contribution is -2.08. The molecule has 1 aromatic carbocycles. The van der Waals surface area contributed by atoms with Crippen LogP contribution >= 0.6 is 11.3 Å². The first-order valence-electron chi connectivity index (χ1n) is 10.00. The zero-order chi connectivity index (χ0) is 20.7. The molecule has 0 saturated heterocycles. The van der Waals surface area contributed by atoms with E-state index in [-0.39, 0.29) is 5.78 Å². The Labute approximate surface area is 178 Å². The van der Waals surface area contributed by atoms with Crippen LogP contribution < -0.4 is 10.5 Å². The Bertz CT molecular complexity index is 1260. The van der Waals surface area contributed by atoms with Crippen LogP contribution in [0.3, 0.4) is 0 Å². The highest BCUT2D eigenvalue weighted by Crippen LogP contribution is 2.44. The van der Waals surface area contributed by atoms with Gasteiger partial charge in [-0.2, -0.15) is 0 Å². The van der Waals surface area contributed by atoms with Gasteiger partial charge in [-0.15, -0.1) is 11.3 Å². The molecule has 0 bridgehead atoms. The van der Waals surface area contributed by atoms with Gasteiger partial charge in [0, 0.05) is 40.2 Å². The van der Waals surface area contributed by atoms with Gasteiger partial charge >= 0.3 is 0 Å². The number of pyridine rings is 2. The molecule has 150 valence electrons. The van der Waals surface area contributed by atoms with E-state index in [1.165, 1.54) is 16.9 Å². The first-order chi connectivity index (χ1) is 14.7. The van der Waals surface area contributed by atoms with Crippen molar-refractivity contribution in [1.29, 1.82) is 0 Å². The fraction of sp³-hybridized carbons (Fsp3) is 0.208. The number of nitrogen functional groups attached to an aromatic ring is 1. The van der Waals surface area contributed by atoms with Gasteiger partial charge in [-0.1, -0.05) is 18.2 Å². The summed E-state index contributed by atoms with van der Waals surface area (Å²) in [5.41, 5.74) is 12.1. The molecule has 30 heavy (non-hydrogen) atoms. The van der Waals surface area contributed by atoms with Gasteiger partial charge in [-0.25, -0.2) is 4.98 Å². The van der Waals surface area contributed by atoms with Crippen LogP contribution in [0.4, 0.5) is 5.69 Å². The van der Waals surface area contributed by atoms with Gasteiger partial charge in [-0.3, -0.25) is 9.78 Å². The highest BCUT2D eigenvalue weighted by atomic mass is 32.1. The summed E-state index contributed by atoms with van der Waals surface area (Å²) in [7, 11) is 1.59. The van der Waals surface area contributed by atoms with Crippen LogP contribution in [0.25, 0.3) is 21.3 Å². The number of rotatable bonds is 4. The molecule has 5 rings (SSSR count). The molecule has 0 spiro atoms. The molecule has 0 radical (unpaired) electrons. The molecular formula is C24H21N3O2S. The van der Waals surface area contributed by atoms with Gasteiger partial charge in [0.05, 0.1) is 12.8 Å². The number of anilines is 1. The molecule has 5 nitrogen and oxygen atoms in total. The highest BCUT2D eigenvalue weighted by molar-refractivity contribution is 7.21. The van der Waals surface area contributed by atoms with Crippen molar-refractivity contribution < 1.29 is 9.53 Å². The minimum atomic E-state index is -0.107. The predicted octanol–water partition coefficient (Wildman–Crippen LogP) is 5.06. The number of hydrogen-bond donors (Lipinski definition) is 1. The fourth-order valence-electron chi connectivity index (χ4n) is 4.20. The molecule has 6 heteroatoms. The van der Waals surface area contributed by atoms with E-state index in [9.17, 15) is 4.79 Å². The predicted molar refractivity (Wildman–Crippen MR) is 120 cm³/mol. The van der Waals surface area contributed by atoms with Gasteiger partial charge in [0.15, 0.2) is 0 Å². The molecule has 3 heterocycles. The molecule has 1 aliphatic carbocycles. The summed E-state index contributed by atoms with van der Waals surface area (Å²) in [4.78, 5) is 23.9. The molecule has 2 N–H and O–H groups in total. The molecule has 0 atom stereocenters. The number of ether oxygens (including phenoxy) is 1. The van der Waals surface area contributed by atoms with Crippen molar-refractivity contribution in [2.45, 2.75) is 25.7 Å². The normalized spacial score (nSPS) is 13.2. The Morgan fingerprint density at radius 3 is 2.83 bits per heavy atom. The van der Waals surface area contributed by atoms with Crippen LogP contribution in [0.1, 0.15) is 39.3 Å². The van der Waals surface area contributed by atoms with Crippen molar-refractivity contribution in [3.05, 3.63) is 70.5 Å². The second kappa shape index (κ2) is 7.54. The summed E-state index contributed by atoms with van der Waals surface area (Å²) < 4.78 is 5.28. The summed E-state index contributed by atoms with van der Waals surface area (Å²) in [6.45, 7) is 0. The maximum atomic E-state index is 13.3. The lowest BCUT2D eigenvalue weighted by atomic mass is 9.88. The van der Waals surface area contributed by atoms with Crippen LogP contribution in [-0.2, 0) is 12.8 Å². The Hall–Kier alpha value is -3.25. The van der Waals surface area contributed by atoms with Crippen molar-refractivity contribution in [3.63, 3.8) is 0 Å². The molecule has 3 aromatic heterocycles. The highest BCUT2D eigenvalue weighted by Gasteiger charge is 2.26. The van der Waals surface area contributed by atoms with Crippen molar-refractivity contribution in [2.24, 2.45) is 0 Å². The van der Waals surface area contributed by atoms with Crippen LogP contribution in [0.2, 0.25) is 0 Å². The third kappa shape index (κ3) is 3.04. The van der Waals surface area contributed by atoms with E-state index in [1.807, 2.05) is 24.4 Å². The first-order valence-corrected chi connectivity index (χ1v) is 10.8. The molecule has 0 amide bonds. The number of ketones is 1. The maximum Gasteiger partial charge on any atom is 0.205 e. The first kappa shape index (κ1) is 18.8. The molecule has 0 unspecified atom stereocenters. The van der Waals surface area contributed by atoms with Crippen molar-refractivity contribution >= 4 is 33.0 Å². The topological polar surface area (TPSA) is 78.1 Å². The average Bonchev–Trinajstić information content (AvgIpc) is 3.13. The number of fused-ring (bicyclic) bond motifs is 2. The standard InChI is InChI=1S/C24H21N3O2S/c1-29-16-8-4-6-14(12-16)22(28)23-21(25)20-19(15-7-5-11-26-13-15)17-9-2-3-10-18(17)27-24(20)30-23/h4-8,11-13H,2-3,9-10,25H2,1H3. The SMILES string of the molecule is COc1cccc(C(=O)c2sc3nc4c(c(-c5cccnc5)c3c2N)CCCC4)c1. The van der Waals surface area contributed by atoms with Crippen molar-refractivity contribution in [2.75, 3.05) is 12.8 Å². The zero-order valence-corrected chi connectivity index (χ0v) is 17.5. The van der Waals surface area contributed by atoms with E-state index < -0.39 is 0 Å². The third-order valence-electron chi connectivity index (χ3n) is 5.64. The number of nitrogens with two attached hydrogens (primary N) is 1. The maximum absolute atomic E-state index is 13.3. The lowest BCUT2D eigenvalue weighted by Gasteiger charge is -2.20. The molecular weight excluding hydrogens is 394 g/mol. The minimum Gasteiger partial charge on any atom is -0.497 e. The third-order valence-corrected chi connectivity index (χ3v) is 6.74. The van der Waals surface area contributed by atoms with Gasteiger partial charge < -0.3 is 10.5 Å². The number of methoxy groups -OCH3 is 1. The smallest absolute Gasteiger partial charge is 0.205 e. The van der Waals surface area contributed by atoms with E-state index >= 15 is 0 Å².